The first-order valence-electron chi connectivity index (χ1n) is 8.01. The van der Waals surface area contributed by atoms with Crippen LogP contribution in [0.2, 0.25) is 0 Å². The summed E-state index contributed by atoms with van der Waals surface area (Å²) in [7, 11) is 0. The Morgan fingerprint density at radius 3 is 2.68 bits per heavy atom. The van der Waals surface area contributed by atoms with E-state index < -0.39 is 6.04 Å². The van der Waals surface area contributed by atoms with Gasteiger partial charge in [0.15, 0.2) is 12.4 Å². The smallest absolute Gasteiger partial charge is 0.265 e. The highest BCUT2D eigenvalue weighted by Crippen LogP contribution is 2.33. The van der Waals surface area contributed by atoms with Crippen LogP contribution in [0.25, 0.3) is 0 Å². The highest BCUT2D eigenvalue weighted by atomic mass is 16.5. The van der Waals surface area contributed by atoms with Crippen LogP contribution >= 0.6 is 0 Å². The van der Waals surface area contributed by atoms with Crippen molar-refractivity contribution in [2.75, 3.05) is 24.6 Å². The Labute approximate surface area is 147 Å². The summed E-state index contributed by atoms with van der Waals surface area (Å²) in [5.41, 5.74) is 0.946. The van der Waals surface area contributed by atoms with E-state index in [0.717, 1.165) is 0 Å². The van der Waals surface area contributed by atoms with Crippen molar-refractivity contribution in [1.29, 1.82) is 0 Å². The number of ether oxygens (including phenoxy) is 1. The second-order valence-electron chi connectivity index (χ2n) is 5.76. The zero-order chi connectivity index (χ0) is 18.6. The molecule has 2 rings (SSSR count). The summed E-state index contributed by atoms with van der Waals surface area (Å²) in [6.07, 6.45) is 3.20. The van der Waals surface area contributed by atoms with Gasteiger partial charge in [0.1, 0.15) is 5.75 Å². The minimum absolute atomic E-state index is 0.0397. The van der Waals surface area contributed by atoms with E-state index in [4.69, 9.17) is 4.74 Å². The fourth-order valence-electron chi connectivity index (χ4n) is 2.77. The van der Waals surface area contributed by atoms with Crippen molar-refractivity contribution < 1.29 is 19.1 Å². The van der Waals surface area contributed by atoms with E-state index in [9.17, 15) is 14.4 Å². The Kier molecular flexibility index (Phi) is 5.75. The van der Waals surface area contributed by atoms with Crippen LogP contribution in [-0.4, -0.2) is 48.2 Å². The van der Waals surface area contributed by atoms with Gasteiger partial charge in [0.05, 0.1) is 11.7 Å². The lowest BCUT2D eigenvalue weighted by Crippen LogP contribution is -2.42. The molecule has 1 aliphatic heterocycles. The maximum Gasteiger partial charge on any atom is 0.265 e. The van der Waals surface area contributed by atoms with Crippen LogP contribution in [0.15, 0.2) is 43.5 Å². The van der Waals surface area contributed by atoms with Gasteiger partial charge >= 0.3 is 0 Å². The third-order valence-corrected chi connectivity index (χ3v) is 4.08. The number of fused-ring (bicyclic) bond motifs is 1. The summed E-state index contributed by atoms with van der Waals surface area (Å²) in [6, 6.07) is 4.30. The fourth-order valence-corrected chi connectivity index (χ4v) is 2.77. The van der Waals surface area contributed by atoms with Crippen molar-refractivity contribution in [2.24, 2.45) is 0 Å². The summed E-state index contributed by atoms with van der Waals surface area (Å²) < 4.78 is 5.42. The van der Waals surface area contributed by atoms with Crippen LogP contribution in [0.4, 0.5) is 5.69 Å². The molecule has 0 spiro atoms. The van der Waals surface area contributed by atoms with E-state index in [2.05, 4.69) is 13.2 Å². The van der Waals surface area contributed by atoms with Gasteiger partial charge < -0.3 is 14.5 Å². The van der Waals surface area contributed by atoms with Crippen molar-refractivity contribution in [3.63, 3.8) is 0 Å². The van der Waals surface area contributed by atoms with Gasteiger partial charge in [-0.2, -0.15) is 0 Å². The maximum atomic E-state index is 12.8. The monoisotopic (exact) mass is 342 g/mol. The third-order valence-electron chi connectivity index (χ3n) is 4.08. The van der Waals surface area contributed by atoms with Crippen LogP contribution in [0.5, 0.6) is 5.75 Å². The van der Waals surface area contributed by atoms with Gasteiger partial charge in [-0.05, 0) is 25.1 Å². The van der Waals surface area contributed by atoms with Crippen LogP contribution < -0.4 is 9.64 Å². The molecule has 0 saturated heterocycles. The van der Waals surface area contributed by atoms with Gasteiger partial charge in [-0.1, -0.05) is 12.2 Å². The summed E-state index contributed by atoms with van der Waals surface area (Å²) in [6.45, 7) is 10.9. The number of ketones is 1. The lowest BCUT2D eigenvalue weighted by atomic mass is 10.0. The second-order valence-corrected chi connectivity index (χ2v) is 5.76. The predicted molar refractivity (Wildman–Crippen MR) is 95.9 cm³/mol. The van der Waals surface area contributed by atoms with E-state index in [1.54, 1.807) is 37.3 Å². The van der Waals surface area contributed by atoms with Crippen LogP contribution in [0.3, 0.4) is 0 Å². The van der Waals surface area contributed by atoms with Gasteiger partial charge in [-0.25, -0.2) is 0 Å². The SMILES string of the molecule is C=CCN1C(=O)COc2ccc(C(=O)C(C)N(CC=C)C(C)=O)cc21. The highest BCUT2D eigenvalue weighted by molar-refractivity contribution is 6.04. The molecule has 1 unspecified atom stereocenters. The van der Waals surface area contributed by atoms with Gasteiger partial charge in [0.2, 0.25) is 5.91 Å². The fraction of sp³-hybridized carbons (Fsp3) is 0.316. The summed E-state index contributed by atoms with van der Waals surface area (Å²) in [5, 5.41) is 0. The number of nitrogens with zero attached hydrogens (tertiary/aromatic N) is 2. The van der Waals surface area contributed by atoms with E-state index >= 15 is 0 Å². The Morgan fingerprint density at radius 1 is 1.36 bits per heavy atom. The molecule has 1 aromatic carbocycles. The number of amides is 2. The van der Waals surface area contributed by atoms with Crippen molar-refractivity contribution >= 4 is 23.3 Å². The van der Waals surface area contributed by atoms with Crippen LogP contribution in [0, 0.1) is 0 Å². The molecule has 25 heavy (non-hydrogen) atoms. The normalized spacial score (nSPS) is 14.2. The quantitative estimate of drug-likeness (QED) is 0.563. The molecule has 0 bridgehead atoms. The summed E-state index contributed by atoms with van der Waals surface area (Å²) >= 11 is 0. The average Bonchev–Trinajstić information content (AvgIpc) is 2.60. The molecule has 2 amide bonds. The number of rotatable bonds is 7. The summed E-state index contributed by atoms with van der Waals surface area (Å²) in [5.74, 6) is -0.0656. The van der Waals surface area contributed by atoms with Gasteiger partial charge in [0.25, 0.3) is 5.91 Å². The first-order chi connectivity index (χ1) is 11.9. The molecule has 0 N–H and O–H groups in total. The standard InChI is InChI=1S/C19H22N2O4/c1-5-9-20(14(4)22)13(3)19(24)15-7-8-17-16(11-15)21(10-6-2)18(23)12-25-17/h5-8,11,13H,1-2,9-10,12H2,3-4H3. The molecule has 1 aliphatic rings. The highest BCUT2D eigenvalue weighted by Gasteiger charge is 2.28. The molecule has 132 valence electrons. The largest absolute Gasteiger partial charge is 0.482 e. The number of Topliss-reactive ketones (excluding diaryl/α,β-unsaturated/α-hetero) is 1. The topological polar surface area (TPSA) is 66.9 Å². The molecule has 1 atom stereocenters. The molecule has 0 aromatic heterocycles. The molecule has 6 nitrogen and oxygen atoms in total. The Bertz CT molecular complexity index is 726. The number of hydrogen-bond acceptors (Lipinski definition) is 4. The van der Waals surface area contributed by atoms with E-state index in [1.807, 2.05) is 0 Å². The lowest BCUT2D eigenvalue weighted by molar-refractivity contribution is -0.129. The predicted octanol–water partition coefficient (Wildman–Crippen LogP) is 2.20. The molecule has 0 aliphatic carbocycles. The van der Waals surface area contributed by atoms with Crippen molar-refractivity contribution in [3.05, 3.63) is 49.1 Å². The molecule has 0 saturated carbocycles. The number of carbonyl (C=O) groups is 3. The number of anilines is 1. The Morgan fingerprint density at radius 2 is 2.08 bits per heavy atom. The van der Waals surface area contributed by atoms with Crippen LogP contribution in [0.1, 0.15) is 24.2 Å². The lowest BCUT2D eigenvalue weighted by Gasteiger charge is -2.30. The van der Waals surface area contributed by atoms with E-state index in [0.29, 0.717) is 23.5 Å². The minimum atomic E-state index is -0.637. The Balaban J connectivity index is 2.35. The van der Waals surface area contributed by atoms with E-state index in [1.165, 1.54) is 16.7 Å². The molecule has 1 aromatic rings. The molecule has 0 fully saturated rings. The molecule has 1 heterocycles. The Hall–Kier alpha value is -2.89. The number of hydrogen-bond donors (Lipinski definition) is 0. The zero-order valence-corrected chi connectivity index (χ0v) is 14.5. The summed E-state index contributed by atoms with van der Waals surface area (Å²) in [4.78, 5) is 39.6. The minimum Gasteiger partial charge on any atom is -0.482 e. The van der Waals surface area contributed by atoms with Gasteiger partial charge in [-0.15, -0.1) is 13.2 Å². The molecule has 0 radical (unpaired) electrons. The average molecular weight is 342 g/mol. The first kappa shape index (κ1) is 18.4. The molecular weight excluding hydrogens is 320 g/mol. The second kappa shape index (κ2) is 7.79. The third kappa shape index (κ3) is 3.79. The number of carbonyl (C=O) groups excluding carboxylic acids is 3. The maximum absolute atomic E-state index is 12.8. The van der Waals surface area contributed by atoms with E-state index in [-0.39, 0.29) is 30.7 Å². The van der Waals surface area contributed by atoms with Crippen molar-refractivity contribution in [1.82, 2.24) is 4.90 Å². The van der Waals surface area contributed by atoms with Gasteiger partial charge in [-0.3, -0.25) is 14.4 Å². The first-order valence-corrected chi connectivity index (χ1v) is 8.01. The zero-order valence-electron chi connectivity index (χ0n) is 14.5. The van der Waals surface area contributed by atoms with Crippen LogP contribution in [-0.2, 0) is 9.59 Å². The number of benzene rings is 1. The molecule has 6 heteroatoms. The van der Waals surface area contributed by atoms with Gasteiger partial charge in [0, 0.05) is 25.6 Å². The van der Waals surface area contributed by atoms with Crippen molar-refractivity contribution in [3.8, 4) is 5.75 Å². The van der Waals surface area contributed by atoms with Crippen molar-refractivity contribution in [2.45, 2.75) is 19.9 Å². The molecular formula is C19H22N2O4.